The molecule has 0 aromatic rings. The third-order valence-electron chi connectivity index (χ3n) is 1.94. The van der Waals surface area contributed by atoms with E-state index >= 15 is 0 Å². The van der Waals surface area contributed by atoms with E-state index in [0.717, 1.165) is 36.9 Å². The van der Waals surface area contributed by atoms with Gasteiger partial charge in [0.25, 0.3) is 0 Å². The molecule has 0 bridgehead atoms. The number of hydrogen-bond acceptors (Lipinski definition) is 6. The lowest BCUT2D eigenvalue weighted by molar-refractivity contribution is -0.109. The van der Waals surface area contributed by atoms with Crippen LogP contribution in [0.25, 0.3) is 0 Å². The Bertz CT molecular complexity index is 174. The van der Waals surface area contributed by atoms with Crippen molar-refractivity contribution in [3.63, 3.8) is 0 Å². The maximum atomic E-state index is 10.7. The summed E-state index contributed by atoms with van der Waals surface area (Å²) < 4.78 is 0. The molecule has 0 aromatic heterocycles. The third kappa shape index (κ3) is 8.15. The van der Waals surface area contributed by atoms with E-state index in [4.69, 9.17) is 11.5 Å². The van der Waals surface area contributed by atoms with Crippen LogP contribution in [0.15, 0.2) is 0 Å². The van der Waals surface area contributed by atoms with E-state index in [1.165, 1.54) is 0 Å². The molecular formula is C10H20N2O2S2. The minimum Gasteiger partial charge on any atom is -0.330 e. The Kier molecular flexibility index (Phi) is 11.4. The molecular weight excluding hydrogens is 244 g/mol. The Morgan fingerprint density at radius 2 is 1.25 bits per heavy atom. The molecule has 16 heavy (non-hydrogen) atoms. The van der Waals surface area contributed by atoms with Crippen LogP contribution in [-0.2, 0) is 9.59 Å². The van der Waals surface area contributed by atoms with Crippen molar-refractivity contribution in [2.45, 2.75) is 23.3 Å². The quantitative estimate of drug-likeness (QED) is 0.522. The lowest BCUT2D eigenvalue weighted by atomic mass is 10.2. The molecule has 94 valence electrons. The second-order valence-electron chi connectivity index (χ2n) is 3.25. The van der Waals surface area contributed by atoms with Crippen molar-refractivity contribution in [1.29, 1.82) is 0 Å². The summed E-state index contributed by atoms with van der Waals surface area (Å²) in [5, 5.41) is -0.0750. The molecule has 0 saturated carbocycles. The number of thioether (sulfide) groups is 2. The summed E-state index contributed by atoms with van der Waals surface area (Å²) in [6.45, 7) is 1.15. The Balaban J connectivity index is 3.77. The average Bonchev–Trinajstić information content (AvgIpc) is 2.33. The highest BCUT2D eigenvalue weighted by atomic mass is 32.2. The van der Waals surface area contributed by atoms with Gasteiger partial charge in [-0.3, -0.25) is 0 Å². The van der Waals surface area contributed by atoms with Crippen molar-refractivity contribution < 1.29 is 9.59 Å². The fourth-order valence-electron chi connectivity index (χ4n) is 1.15. The fourth-order valence-corrected chi connectivity index (χ4v) is 2.79. The van der Waals surface area contributed by atoms with E-state index in [1.54, 1.807) is 23.5 Å². The van der Waals surface area contributed by atoms with Gasteiger partial charge in [0, 0.05) is 24.6 Å². The zero-order chi connectivity index (χ0) is 12.2. The van der Waals surface area contributed by atoms with E-state index < -0.39 is 0 Å². The van der Waals surface area contributed by atoms with Gasteiger partial charge in [-0.15, -0.1) is 23.5 Å². The van der Waals surface area contributed by atoms with Gasteiger partial charge in [-0.2, -0.15) is 0 Å². The van der Waals surface area contributed by atoms with Gasteiger partial charge >= 0.3 is 0 Å². The van der Waals surface area contributed by atoms with Gasteiger partial charge in [-0.25, -0.2) is 0 Å². The number of aldehydes is 2. The first-order chi connectivity index (χ1) is 7.78. The van der Waals surface area contributed by atoms with Crippen LogP contribution < -0.4 is 11.5 Å². The smallest absolute Gasteiger partial charge is 0.132 e. The Morgan fingerprint density at radius 3 is 1.50 bits per heavy atom. The highest BCUT2D eigenvalue weighted by Gasteiger charge is 2.12. The molecule has 0 aliphatic heterocycles. The highest BCUT2D eigenvalue weighted by Crippen LogP contribution is 2.19. The normalized spacial score (nSPS) is 14.4. The van der Waals surface area contributed by atoms with Crippen molar-refractivity contribution in [3.05, 3.63) is 0 Å². The zero-order valence-electron chi connectivity index (χ0n) is 9.34. The molecule has 0 heterocycles. The zero-order valence-corrected chi connectivity index (χ0v) is 11.0. The summed E-state index contributed by atoms with van der Waals surface area (Å²) in [7, 11) is 0. The van der Waals surface area contributed by atoms with Gasteiger partial charge in [0.1, 0.15) is 12.6 Å². The van der Waals surface area contributed by atoms with Crippen molar-refractivity contribution in [2.24, 2.45) is 11.5 Å². The molecule has 0 aromatic carbocycles. The van der Waals surface area contributed by atoms with E-state index in [9.17, 15) is 9.59 Å². The topological polar surface area (TPSA) is 86.2 Å². The van der Waals surface area contributed by atoms with Crippen LogP contribution in [0.3, 0.4) is 0 Å². The van der Waals surface area contributed by atoms with Crippen molar-refractivity contribution in [1.82, 2.24) is 0 Å². The maximum Gasteiger partial charge on any atom is 0.132 e. The van der Waals surface area contributed by atoms with Crippen molar-refractivity contribution in [2.75, 3.05) is 24.6 Å². The van der Waals surface area contributed by atoms with Crippen LogP contribution in [0.4, 0.5) is 0 Å². The van der Waals surface area contributed by atoms with E-state index in [2.05, 4.69) is 0 Å². The molecule has 0 aliphatic carbocycles. The van der Waals surface area contributed by atoms with Crippen molar-refractivity contribution in [3.8, 4) is 0 Å². The minimum absolute atomic E-state index is 0.0375. The van der Waals surface area contributed by atoms with Crippen LogP contribution >= 0.6 is 23.5 Å². The second-order valence-corrected chi connectivity index (χ2v) is 5.94. The molecule has 0 fully saturated rings. The highest BCUT2D eigenvalue weighted by molar-refractivity contribution is 8.00. The van der Waals surface area contributed by atoms with Crippen LogP contribution in [0.1, 0.15) is 12.8 Å². The molecule has 0 rings (SSSR count). The monoisotopic (exact) mass is 264 g/mol. The molecule has 2 unspecified atom stereocenters. The molecule has 2 atom stereocenters. The van der Waals surface area contributed by atoms with E-state index in [0.29, 0.717) is 13.1 Å². The largest absolute Gasteiger partial charge is 0.330 e. The molecule has 4 nitrogen and oxygen atoms in total. The predicted octanol–water partition coefficient (Wildman–Crippen LogP) is 0.285. The van der Waals surface area contributed by atoms with Crippen LogP contribution in [-0.4, -0.2) is 47.7 Å². The Labute approximate surface area is 105 Å². The van der Waals surface area contributed by atoms with Gasteiger partial charge in [-0.1, -0.05) is 0 Å². The summed E-state index contributed by atoms with van der Waals surface area (Å²) in [5.74, 6) is 1.57. The van der Waals surface area contributed by atoms with Gasteiger partial charge in [0.2, 0.25) is 0 Å². The molecule has 0 saturated heterocycles. The molecule has 0 radical (unpaired) electrons. The van der Waals surface area contributed by atoms with Gasteiger partial charge in [-0.05, 0) is 12.8 Å². The number of carbonyl (C=O) groups is 2. The average molecular weight is 264 g/mol. The molecule has 0 aliphatic rings. The van der Waals surface area contributed by atoms with Gasteiger partial charge in [0.05, 0.1) is 10.5 Å². The van der Waals surface area contributed by atoms with Crippen LogP contribution in [0, 0.1) is 0 Å². The van der Waals surface area contributed by atoms with Crippen molar-refractivity contribution >= 4 is 36.1 Å². The predicted molar refractivity (Wildman–Crippen MR) is 72.0 cm³/mol. The second kappa shape index (κ2) is 11.4. The number of hydrogen-bond donors (Lipinski definition) is 2. The summed E-state index contributed by atoms with van der Waals surface area (Å²) in [6, 6.07) is 0. The maximum absolute atomic E-state index is 10.7. The van der Waals surface area contributed by atoms with E-state index in [-0.39, 0.29) is 10.5 Å². The van der Waals surface area contributed by atoms with Gasteiger partial charge in [0.15, 0.2) is 0 Å². The fraction of sp³-hybridized carbons (Fsp3) is 0.800. The molecule has 0 amide bonds. The van der Waals surface area contributed by atoms with Crippen LogP contribution in [0.2, 0.25) is 0 Å². The summed E-state index contributed by atoms with van der Waals surface area (Å²) in [6.07, 6.45) is 3.34. The first-order valence-corrected chi connectivity index (χ1v) is 7.42. The Hall–Kier alpha value is -0.0400. The van der Waals surface area contributed by atoms with E-state index in [1.807, 2.05) is 0 Å². The molecule has 0 spiro atoms. The van der Waals surface area contributed by atoms with Gasteiger partial charge < -0.3 is 21.1 Å². The minimum atomic E-state index is -0.0375. The summed E-state index contributed by atoms with van der Waals surface area (Å²) in [5.41, 5.74) is 10.7. The number of rotatable bonds is 11. The Morgan fingerprint density at radius 1 is 0.875 bits per heavy atom. The SMILES string of the molecule is NCCSC(C=O)CCC(C=O)SCCN. The first kappa shape index (κ1) is 16.0. The third-order valence-corrected chi connectivity index (χ3v) is 4.43. The number of nitrogens with two attached hydrogens (primary N) is 2. The lowest BCUT2D eigenvalue weighted by Crippen LogP contribution is -2.15. The lowest BCUT2D eigenvalue weighted by Gasteiger charge is -2.12. The summed E-state index contributed by atoms with van der Waals surface area (Å²) in [4.78, 5) is 21.5. The summed E-state index contributed by atoms with van der Waals surface area (Å²) >= 11 is 3.11. The molecule has 6 heteroatoms. The standard InChI is InChI=1S/C10H20N2O2S2/c11-3-5-15-9(7-13)1-2-10(8-14)16-6-4-12/h7-10H,1-6,11-12H2. The number of carbonyl (C=O) groups excluding carboxylic acids is 2. The molecule has 4 N–H and O–H groups in total. The van der Waals surface area contributed by atoms with Crippen LogP contribution in [0.5, 0.6) is 0 Å². The first-order valence-electron chi connectivity index (χ1n) is 5.32.